The number of nitrogens with one attached hydrogen (secondary N) is 1. The molecule has 2 atom stereocenters. The van der Waals surface area contributed by atoms with Crippen LogP contribution in [0.2, 0.25) is 0 Å². The fraction of sp³-hybridized carbons (Fsp3) is 0.562. The first-order valence-corrected chi connectivity index (χ1v) is 7.71. The molecule has 120 valence electrons. The van der Waals surface area contributed by atoms with E-state index in [1.807, 2.05) is 6.92 Å². The molecule has 2 rings (SSSR count). The molecule has 22 heavy (non-hydrogen) atoms. The first-order chi connectivity index (χ1) is 10.4. The number of rotatable bonds is 5. The van der Waals surface area contributed by atoms with E-state index in [4.69, 9.17) is 0 Å². The van der Waals surface area contributed by atoms with Crippen molar-refractivity contribution in [3.05, 3.63) is 33.9 Å². The minimum Gasteiger partial charge on any atom is -0.324 e. The van der Waals surface area contributed by atoms with Crippen LogP contribution in [0.5, 0.6) is 0 Å². The van der Waals surface area contributed by atoms with E-state index in [9.17, 15) is 14.9 Å². The van der Waals surface area contributed by atoms with Crippen LogP contribution in [-0.4, -0.2) is 34.9 Å². The van der Waals surface area contributed by atoms with Gasteiger partial charge in [0.15, 0.2) is 0 Å². The third-order valence-corrected chi connectivity index (χ3v) is 4.62. The van der Waals surface area contributed by atoms with Crippen LogP contribution in [0, 0.1) is 23.0 Å². The number of carbonyl (C=O) groups excluding carboxylic acids is 1. The minimum atomic E-state index is -0.455. The van der Waals surface area contributed by atoms with E-state index in [-0.39, 0.29) is 11.6 Å². The van der Waals surface area contributed by atoms with Gasteiger partial charge in [-0.15, -0.1) is 0 Å². The zero-order valence-electron chi connectivity index (χ0n) is 13.3. The van der Waals surface area contributed by atoms with E-state index < -0.39 is 4.92 Å². The minimum absolute atomic E-state index is 0.0125. The molecule has 0 radical (unpaired) electrons. The van der Waals surface area contributed by atoms with Gasteiger partial charge in [0.05, 0.1) is 17.2 Å². The van der Waals surface area contributed by atoms with Crippen molar-refractivity contribution >= 4 is 17.3 Å². The summed E-state index contributed by atoms with van der Waals surface area (Å²) < 4.78 is 0. The molecule has 1 aromatic carbocycles. The molecule has 1 N–H and O–H groups in total. The smallest absolute Gasteiger partial charge is 0.271 e. The highest BCUT2D eigenvalue weighted by atomic mass is 16.6. The van der Waals surface area contributed by atoms with Crippen molar-refractivity contribution in [3.8, 4) is 0 Å². The Morgan fingerprint density at radius 1 is 1.50 bits per heavy atom. The standard InChI is InChI=1S/C16H23N3O3/c1-4-13-7-8-18(12(13)3)10-16(20)17-15-9-14(19(21)22)6-5-11(15)2/h5-6,9,12-13H,4,7-8,10H2,1-3H3,(H,17,20)/t12-,13+/m0/s1. The van der Waals surface area contributed by atoms with E-state index in [1.54, 1.807) is 6.07 Å². The maximum atomic E-state index is 12.2. The molecule has 0 saturated carbocycles. The summed E-state index contributed by atoms with van der Waals surface area (Å²) in [5, 5.41) is 13.6. The Kier molecular flexibility index (Phi) is 5.13. The molecule has 0 unspecified atom stereocenters. The molecule has 6 nitrogen and oxygen atoms in total. The van der Waals surface area contributed by atoms with Gasteiger partial charge in [0, 0.05) is 18.2 Å². The molecule has 1 fully saturated rings. The highest BCUT2D eigenvalue weighted by Gasteiger charge is 2.30. The Labute approximate surface area is 130 Å². The molecule has 1 heterocycles. The highest BCUT2D eigenvalue weighted by Crippen LogP contribution is 2.26. The summed E-state index contributed by atoms with van der Waals surface area (Å²) in [6.45, 7) is 7.43. The fourth-order valence-corrected chi connectivity index (χ4v) is 3.08. The number of anilines is 1. The predicted molar refractivity (Wildman–Crippen MR) is 85.9 cm³/mol. The van der Waals surface area contributed by atoms with Gasteiger partial charge in [0.2, 0.25) is 5.91 Å². The van der Waals surface area contributed by atoms with E-state index in [0.717, 1.165) is 24.9 Å². The molecule has 0 aromatic heterocycles. The van der Waals surface area contributed by atoms with Crippen molar-refractivity contribution in [1.82, 2.24) is 4.90 Å². The van der Waals surface area contributed by atoms with Crippen LogP contribution in [0.25, 0.3) is 0 Å². The second kappa shape index (κ2) is 6.87. The number of nitro benzene ring substituents is 1. The zero-order chi connectivity index (χ0) is 16.3. The molecule has 1 aliphatic heterocycles. The second-order valence-corrected chi connectivity index (χ2v) is 5.97. The van der Waals surface area contributed by atoms with Gasteiger partial charge < -0.3 is 5.32 Å². The summed E-state index contributed by atoms with van der Waals surface area (Å²) in [6, 6.07) is 4.91. The van der Waals surface area contributed by atoms with Gasteiger partial charge in [-0.25, -0.2) is 0 Å². The summed E-state index contributed by atoms with van der Waals surface area (Å²) >= 11 is 0. The second-order valence-electron chi connectivity index (χ2n) is 5.97. The third kappa shape index (κ3) is 3.62. The molecule has 0 aliphatic carbocycles. The molecular formula is C16H23N3O3. The average Bonchev–Trinajstić information content (AvgIpc) is 2.81. The third-order valence-electron chi connectivity index (χ3n) is 4.62. The number of hydrogen-bond acceptors (Lipinski definition) is 4. The predicted octanol–water partition coefficient (Wildman–Crippen LogP) is 2.96. The van der Waals surface area contributed by atoms with Crippen LogP contribution >= 0.6 is 0 Å². The van der Waals surface area contributed by atoms with Crippen molar-refractivity contribution in [2.45, 2.75) is 39.7 Å². The number of likely N-dealkylation sites (tertiary alicyclic amines) is 1. The van der Waals surface area contributed by atoms with Gasteiger partial charge in [0.1, 0.15) is 0 Å². The molecular weight excluding hydrogens is 282 g/mol. The molecule has 0 spiro atoms. The lowest BCUT2D eigenvalue weighted by Gasteiger charge is -2.23. The van der Waals surface area contributed by atoms with Crippen molar-refractivity contribution < 1.29 is 9.72 Å². The quantitative estimate of drug-likeness (QED) is 0.670. The Morgan fingerprint density at radius 2 is 2.23 bits per heavy atom. The first kappa shape index (κ1) is 16.4. The van der Waals surface area contributed by atoms with Crippen LogP contribution < -0.4 is 5.32 Å². The number of hydrogen-bond donors (Lipinski definition) is 1. The van der Waals surface area contributed by atoms with E-state index in [1.165, 1.54) is 12.1 Å². The number of aryl methyl sites for hydroxylation is 1. The highest BCUT2D eigenvalue weighted by molar-refractivity contribution is 5.93. The van der Waals surface area contributed by atoms with Crippen LogP contribution in [0.4, 0.5) is 11.4 Å². The molecule has 1 aromatic rings. The number of amides is 1. The van der Waals surface area contributed by atoms with E-state index in [2.05, 4.69) is 24.1 Å². The van der Waals surface area contributed by atoms with Gasteiger partial charge >= 0.3 is 0 Å². The Balaban J connectivity index is 2.01. The van der Waals surface area contributed by atoms with Gasteiger partial charge in [0.25, 0.3) is 5.69 Å². The van der Waals surface area contributed by atoms with Crippen LogP contribution in [0.15, 0.2) is 18.2 Å². The first-order valence-electron chi connectivity index (χ1n) is 7.71. The molecule has 1 aliphatic rings. The van der Waals surface area contributed by atoms with E-state index in [0.29, 0.717) is 24.2 Å². The summed E-state index contributed by atoms with van der Waals surface area (Å²) in [5.41, 5.74) is 1.32. The zero-order valence-corrected chi connectivity index (χ0v) is 13.3. The maximum absolute atomic E-state index is 12.2. The van der Waals surface area contributed by atoms with Crippen molar-refractivity contribution in [2.75, 3.05) is 18.4 Å². The normalized spacial score (nSPS) is 21.8. The van der Waals surface area contributed by atoms with Crippen LogP contribution in [-0.2, 0) is 4.79 Å². The Hall–Kier alpha value is -1.95. The monoisotopic (exact) mass is 305 g/mol. The lowest BCUT2D eigenvalue weighted by Crippen LogP contribution is -2.37. The van der Waals surface area contributed by atoms with Crippen LogP contribution in [0.3, 0.4) is 0 Å². The number of nitro groups is 1. The number of nitrogens with zero attached hydrogens (tertiary/aromatic N) is 2. The molecule has 1 saturated heterocycles. The van der Waals surface area contributed by atoms with Crippen LogP contribution in [0.1, 0.15) is 32.3 Å². The molecule has 1 amide bonds. The van der Waals surface area contributed by atoms with Gasteiger partial charge in [-0.05, 0) is 38.3 Å². The van der Waals surface area contributed by atoms with Crippen molar-refractivity contribution in [1.29, 1.82) is 0 Å². The van der Waals surface area contributed by atoms with Gasteiger partial charge in [-0.2, -0.15) is 0 Å². The lowest BCUT2D eigenvalue weighted by molar-refractivity contribution is -0.384. The number of carbonyl (C=O) groups is 1. The summed E-state index contributed by atoms with van der Waals surface area (Å²) in [4.78, 5) is 24.8. The van der Waals surface area contributed by atoms with Crippen molar-refractivity contribution in [3.63, 3.8) is 0 Å². The molecule has 0 bridgehead atoms. The number of non-ortho nitro benzene ring substituents is 1. The molecule has 6 heteroatoms. The SMILES string of the molecule is CC[C@@H]1CCN(CC(=O)Nc2cc([N+](=O)[O-])ccc2C)[C@H]1C. The van der Waals surface area contributed by atoms with Crippen molar-refractivity contribution in [2.24, 2.45) is 5.92 Å². The maximum Gasteiger partial charge on any atom is 0.271 e. The van der Waals surface area contributed by atoms with Gasteiger partial charge in [-0.3, -0.25) is 19.8 Å². The summed E-state index contributed by atoms with van der Waals surface area (Å²) in [7, 11) is 0. The fourth-order valence-electron chi connectivity index (χ4n) is 3.08. The topological polar surface area (TPSA) is 75.5 Å². The summed E-state index contributed by atoms with van der Waals surface area (Å²) in [6.07, 6.45) is 2.25. The average molecular weight is 305 g/mol. The van der Waals surface area contributed by atoms with Gasteiger partial charge in [-0.1, -0.05) is 19.4 Å². The Bertz CT molecular complexity index is 574. The number of benzene rings is 1. The Morgan fingerprint density at radius 3 is 2.82 bits per heavy atom. The van der Waals surface area contributed by atoms with E-state index >= 15 is 0 Å². The lowest BCUT2D eigenvalue weighted by atomic mass is 9.99. The largest absolute Gasteiger partial charge is 0.324 e. The summed E-state index contributed by atoms with van der Waals surface area (Å²) in [5.74, 6) is 0.527.